The number of rotatable bonds is 13. The minimum absolute atomic E-state index is 0.0720. The van der Waals surface area contributed by atoms with Crippen molar-refractivity contribution in [2.45, 2.75) is 58.5 Å². The number of methoxy groups -OCH3 is 2. The lowest BCUT2D eigenvalue weighted by Crippen LogP contribution is -2.49. The molecule has 2 aromatic rings. The van der Waals surface area contributed by atoms with Gasteiger partial charge in [-0.1, -0.05) is 50.1 Å². The molecule has 2 aromatic carbocycles. The molecule has 0 aromatic heterocycles. The van der Waals surface area contributed by atoms with Crippen LogP contribution in [0.2, 0.25) is 5.02 Å². The Morgan fingerprint density at radius 1 is 1.00 bits per heavy atom. The molecule has 0 spiro atoms. The van der Waals surface area contributed by atoms with Crippen LogP contribution in [0.5, 0.6) is 11.5 Å². The van der Waals surface area contributed by atoms with E-state index in [-0.39, 0.29) is 18.2 Å². The second-order valence-corrected chi connectivity index (χ2v) is 8.34. The number of halogens is 1. The van der Waals surface area contributed by atoms with Crippen LogP contribution in [0.1, 0.15) is 50.7 Å². The Hall–Kier alpha value is -2.73. The van der Waals surface area contributed by atoms with E-state index in [4.69, 9.17) is 21.1 Å². The Morgan fingerprint density at radius 3 is 2.27 bits per heavy atom. The number of ether oxygens (including phenoxy) is 2. The second kappa shape index (κ2) is 13.7. The lowest BCUT2D eigenvalue weighted by Gasteiger charge is -2.31. The van der Waals surface area contributed by atoms with E-state index in [9.17, 15) is 9.59 Å². The lowest BCUT2D eigenvalue weighted by molar-refractivity contribution is -0.141. The van der Waals surface area contributed by atoms with Crippen LogP contribution in [-0.4, -0.2) is 43.5 Å². The van der Waals surface area contributed by atoms with Gasteiger partial charge in [0.05, 0.1) is 14.2 Å². The van der Waals surface area contributed by atoms with E-state index in [1.807, 2.05) is 37.3 Å². The van der Waals surface area contributed by atoms with Crippen molar-refractivity contribution in [3.63, 3.8) is 0 Å². The zero-order valence-electron chi connectivity index (χ0n) is 20.0. The second-order valence-electron chi connectivity index (χ2n) is 7.91. The maximum absolute atomic E-state index is 13.4. The highest BCUT2D eigenvalue weighted by Crippen LogP contribution is 2.28. The third kappa shape index (κ3) is 7.97. The Balaban J connectivity index is 2.19. The number of hydrogen-bond donors (Lipinski definition) is 1. The smallest absolute Gasteiger partial charge is 0.242 e. The molecular weight excluding hydrogens is 440 g/mol. The molecule has 0 aliphatic rings. The van der Waals surface area contributed by atoms with Gasteiger partial charge in [0.25, 0.3) is 0 Å². The molecule has 2 rings (SSSR count). The van der Waals surface area contributed by atoms with Crippen LogP contribution in [0.15, 0.2) is 42.5 Å². The summed E-state index contributed by atoms with van der Waals surface area (Å²) < 4.78 is 10.7. The molecule has 180 valence electrons. The Labute approximate surface area is 202 Å². The SMILES string of the molecule is CCCCNC(=O)C(CC)N(Cc1ccc(Cl)cc1)C(=O)CCc1ccc(OC)c(OC)c1. The van der Waals surface area contributed by atoms with Gasteiger partial charge >= 0.3 is 0 Å². The van der Waals surface area contributed by atoms with E-state index >= 15 is 0 Å². The van der Waals surface area contributed by atoms with Crippen molar-refractivity contribution in [1.82, 2.24) is 10.2 Å². The number of carbonyl (C=O) groups excluding carboxylic acids is 2. The highest BCUT2D eigenvalue weighted by Gasteiger charge is 2.28. The van der Waals surface area contributed by atoms with Crippen molar-refractivity contribution < 1.29 is 19.1 Å². The third-order valence-electron chi connectivity index (χ3n) is 5.56. The number of carbonyl (C=O) groups is 2. The van der Waals surface area contributed by atoms with Crippen LogP contribution in [0.3, 0.4) is 0 Å². The monoisotopic (exact) mass is 474 g/mol. The van der Waals surface area contributed by atoms with Crippen molar-refractivity contribution in [1.29, 1.82) is 0 Å². The molecule has 0 radical (unpaired) electrons. The molecule has 1 atom stereocenters. The zero-order valence-corrected chi connectivity index (χ0v) is 20.8. The third-order valence-corrected chi connectivity index (χ3v) is 5.81. The van der Waals surface area contributed by atoms with E-state index in [1.165, 1.54) is 0 Å². The molecule has 0 saturated carbocycles. The van der Waals surface area contributed by atoms with E-state index < -0.39 is 6.04 Å². The maximum atomic E-state index is 13.4. The summed E-state index contributed by atoms with van der Waals surface area (Å²) in [6, 6.07) is 12.5. The standard InChI is InChI=1S/C26H35ClN2O4/c1-5-7-16-28-26(31)22(6-2)29(18-20-8-12-21(27)13-9-20)25(30)15-11-19-10-14-23(32-3)24(17-19)33-4/h8-10,12-14,17,22H,5-7,11,15-16,18H2,1-4H3,(H,28,31). The van der Waals surface area contributed by atoms with Crippen molar-refractivity contribution in [2.75, 3.05) is 20.8 Å². The fraction of sp³-hybridized carbons (Fsp3) is 0.462. The van der Waals surface area contributed by atoms with Crippen LogP contribution >= 0.6 is 11.6 Å². The van der Waals surface area contributed by atoms with Gasteiger partial charge in [-0.05, 0) is 54.7 Å². The minimum atomic E-state index is -0.532. The average Bonchev–Trinajstić information content (AvgIpc) is 2.83. The number of benzene rings is 2. The number of unbranched alkanes of at least 4 members (excludes halogenated alkanes) is 1. The first-order valence-electron chi connectivity index (χ1n) is 11.5. The van der Waals surface area contributed by atoms with Crippen LogP contribution in [0.25, 0.3) is 0 Å². The Morgan fingerprint density at radius 2 is 1.67 bits per heavy atom. The topological polar surface area (TPSA) is 67.9 Å². The average molecular weight is 475 g/mol. The van der Waals surface area contributed by atoms with Gasteiger partial charge in [0, 0.05) is 24.5 Å². The van der Waals surface area contributed by atoms with Gasteiger partial charge in [0.1, 0.15) is 6.04 Å². The number of hydrogen-bond acceptors (Lipinski definition) is 4. The summed E-state index contributed by atoms with van der Waals surface area (Å²) in [6.45, 7) is 4.97. The summed E-state index contributed by atoms with van der Waals surface area (Å²) in [4.78, 5) is 28.0. The van der Waals surface area contributed by atoms with Gasteiger partial charge in [-0.3, -0.25) is 9.59 Å². The minimum Gasteiger partial charge on any atom is -0.493 e. The largest absolute Gasteiger partial charge is 0.493 e. The van der Waals surface area contributed by atoms with Crippen LogP contribution < -0.4 is 14.8 Å². The van der Waals surface area contributed by atoms with Gasteiger partial charge in [-0.2, -0.15) is 0 Å². The number of nitrogens with one attached hydrogen (secondary N) is 1. The molecule has 0 aliphatic heterocycles. The molecule has 0 fully saturated rings. The molecule has 6 nitrogen and oxygen atoms in total. The van der Waals surface area contributed by atoms with Crippen LogP contribution in [-0.2, 0) is 22.6 Å². The number of aryl methyl sites for hydroxylation is 1. The van der Waals surface area contributed by atoms with Crippen molar-refractivity contribution in [3.05, 3.63) is 58.6 Å². The first-order valence-corrected chi connectivity index (χ1v) is 11.8. The highest BCUT2D eigenvalue weighted by atomic mass is 35.5. The van der Waals surface area contributed by atoms with Gasteiger partial charge in [0.2, 0.25) is 11.8 Å². The normalized spacial score (nSPS) is 11.5. The molecular formula is C26H35ClN2O4. The van der Waals surface area contributed by atoms with E-state index in [0.717, 1.165) is 24.0 Å². The summed E-state index contributed by atoms with van der Waals surface area (Å²) in [5, 5.41) is 3.62. The summed E-state index contributed by atoms with van der Waals surface area (Å²) in [5.74, 6) is 1.09. The van der Waals surface area contributed by atoms with Gasteiger partial charge in [-0.15, -0.1) is 0 Å². The predicted molar refractivity (Wildman–Crippen MR) is 132 cm³/mol. The predicted octanol–water partition coefficient (Wildman–Crippen LogP) is 5.01. The summed E-state index contributed by atoms with van der Waals surface area (Å²) in [6.07, 6.45) is 3.25. The van der Waals surface area contributed by atoms with Crippen LogP contribution in [0.4, 0.5) is 0 Å². The lowest BCUT2D eigenvalue weighted by atomic mass is 10.1. The van der Waals surface area contributed by atoms with Crippen molar-refractivity contribution >= 4 is 23.4 Å². The molecule has 7 heteroatoms. The highest BCUT2D eigenvalue weighted by molar-refractivity contribution is 6.30. The first kappa shape index (κ1) is 26.5. The van der Waals surface area contributed by atoms with Gasteiger partial charge in [-0.25, -0.2) is 0 Å². The van der Waals surface area contributed by atoms with E-state index in [0.29, 0.717) is 42.5 Å². The Bertz CT molecular complexity index is 902. The molecule has 0 saturated heterocycles. The molecule has 0 bridgehead atoms. The molecule has 1 unspecified atom stereocenters. The zero-order chi connectivity index (χ0) is 24.2. The maximum Gasteiger partial charge on any atom is 0.242 e. The van der Waals surface area contributed by atoms with E-state index in [1.54, 1.807) is 31.3 Å². The Kier molecular flexibility index (Phi) is 11.0. The number of nitrogens with zero attached hydrogens (tertiary/aromatic N) is 1. The van der Waals surface area contributed by atoms with E-state index in [2.05, 4.69) is 12.2 Å². The quantitative estimate of drug-likeness (QED) is 0.414. The molecule has 1 N–H and O–H groups in total. The molecule has 0 heterocycles. The number of amides is 2. The molecule has 0 aliphatic carbocycles. The van der Waals surface area contributed by atoms with Crippen molar-refractivity contribution in [3.8, 4) is 11.5 Å². The molecule has 33 heavy (non-hydrogen) atoms. The first-order chi connectivity index (χ1) is 15.9. The fourth-order valence-electron chi connectivity index (χ4n) is 3.64. The van der Waals surface area contributed by atoms with Gasteiger partial charge < -0.3 is 19.7 Å². The summed E-state index contributed by atoms with van der Waals surface area (Å²) in [7, 11) is 3.18. The van der Waals surface area contributed by atoms with Crippen LogP contribution in [0, 0.1) is 0 Å². The summed E-state index contributed by atoms with van der Waals surface area (Å²) >= 11 is 6.02. The fourth-order valence-corrected chi connectivity index (χ4v) is 3.77. The van der Waals surface area contributed by atoms with Gasteiger partial charge in [0.15, 0.2) is 11.5 Å². The molecule has 2 amide bonds. The van der Waals surface area contributed by atoms with Crippen molar-refractivity contribution in [2.24, 2.45) is 0 Å². The summed E-state index contributed by atoms with van der Waals surface area (Å²) in [5.41, 5.74) is 1.89.